The number of urea groups is 1. The van der Waals surface area contributed by atoms with Crippen molar-refractivity contribution in [2.24, 2.45) is 5.92 Å². The normalized spacial score (nSPS) is 24.4. The fourth-order valence-electron chi connectivity index (χ4n) is 2.60. The molecule has 0 aromatic rings. The molecule has 0 aliphatic heterocycles. The van der Waals surface area contributed by atoms with E-state index in [1.165, 1.54) is 0 Å². The van der Waals surface area contributed by atoms with Gasteiger partial charge < -0.3 is 20.6 Å². The molecule has 1 fully saturated rings. The van der Waals surface area contributed by atoms with Crippen LogP contribution in [0.15, 0.2) is 0 Å². The molecule has 0 saturated heterocycles. The Morgan fingerprint density at radius 3 is 2.55 bits per heavy atom. The molecular formula is C15H31N3O2. The lowest BCUT2D eigenvalue weighted by molar-refractivity contribution is 0.174. The summed E-state index contributed by atoms with van der Waals surface area (Å²) in [6.45, 7) is 6.20. The van der Waals surface area contributed by atoms with Gasteiger partial charge in [-0.05, 0) is 52.0 Å². The molecule has 1 aliphatic rings. The molecular weight excluding hydrogens is 254 g/mol. The lowest BCUT2D eigenvalue weighted by Crippen LogP contribution is -2.46. The third-order valence-corrected chi connectivity index (χ3v) is 4.53. The second-order valence-corrected chi connectivity index (χ2v) is 6.04. The number of carbonyl (C=O) groups excluding carboxylic acids is 1. The minimum absolute atomic E-state index is 0.0602. The highest BCUT2D eigenvalue weighted by Gasteiger charge is 2.21. The first-order chi connectivity index (χ1) is 9.56. The van der Waals surface area contributed by atoms with Crippen molar-refractivity contribution in [1.82, 2.24) is 15.5 Å². The van der Waals surface area contributed by atoms with Gasteiger partial charge in [-0.15, -0.1) is 0 Å². The Bertz CT molecular complexity index is 278. The third kappa shape index (κ3) is 6.09. The summed E-state index contributed by atoms with van der Waals surface area (Å²) in [5.41, 5.74) is 0. The fourth-order valence-corrected chi connectivity index (χ4v) is 2.60. The summed E-state index contributed by atoms with van der Waals surface area (Å²) in [5, 5.41) is 15.0. The summed E-state index contributed by atoms with van der Waals surface area (Å²) in [6, 6.07) is 0.758. The van der Waals surface area contributed by atoms with Crippen LogP contribution in [0.4, 0.5) is 4.79 Å². The van der Waals surface area contributed by atoms with Crippen LogP contribution in [0.1, 0.15) is 46.0 Å². The number of hydrogen-bond acceptors (Lipinski definition) is 3. The Morgan fingerprint density at radius 2 is 2.00 bits per heavy atom. The van der Waals surface area contributed by atoms with Crippen molar-refractivity contribution in [2.45, 2.75) is 58.0 Å². The van der Waals surface area contributed by atoms with Gasteiger partial charge in [0.15, 0.2) is 0 Å². The molecule has 3 N–H and O–H groups in total. The molecule has 1 rings (SSSR count). The summed E-state index contributed by atoms with van der Waals surface area (Å²) in [6.07, 6.45) is 5.10. The number of aliphatic hydroxyl groups is 1. The van der Waals surface area contributed by atoms with Gasteiger partial charge in [0.1, 0.15) is 0 Å². The predicted octanol–water partition coefficient (Wildman–Crippen LogP) is 1.57. The highest BCUT2D eigenvalue weighted by Crippen LogP contribution is 2.23. The summed E-state index contributed by atoms with van der Waals surface area (Å²) < 4.78 is 0. The molecule has 0 heterocycles. The van der Waals surface area contributed by atoms with Crippen LogP contribution in [-0.4, -0.2) is 54.9 Å². The van der Waals surface area contributed by atoms with Crippen LogP contribution < -0.4 is 10.6 Å². The van der Waals surface area contributed by atoms with E-state index >= 15 is 0 Å². The maximum atomic E-state index is 11.8. The Labute approximate surface area is 123 Å². The minimum Gasteiger partial charge on any atom is -0.396 e. The molecule has 1 atom stereocenters. The number of hydrogen-bond donors (Lipinski definition) is 3. The van der Waals surface area contributed by atoms with Crippen molar-refractivity contribution in [2.75, 3.05) is 26.7 Å². The molecule has 1 aliphatic carbocycles. The van der Waals surface area contributed by atoms with Crippen LogP contribution in [0.3, 0.4) is 0 Å². The van der Waals surface area contributed by atoms with Gasteiger partial charge in [0, 0.05) is 31.8 Å². The summed E-state index contributed by atoms with van der Waals surface area (Å²) >= 11 is 0. The average molecular weight is 285 g/mol. The molecule has 0 spiro atoms. The topological polar surface area (TPSA) is 64.6 Å². The number of rotatable bonds is 7. The highest BCUT2D eigenvalue weighted by molar-refractivity contribution is 5.74. The number of nitrogens with zero attached hydrogens (tertiary/aromatic N) is 1. The van der Waals surface area contributed by atoms with Gasteiger partial charge in [0.05, 0.1) is 0 Å². The van der Waals surface area contributed by atoms with Crippen molar-refractivity contribution in [3.05, 3.63) is 0 Å². The molecule has 0 aromatic carbocycles. The first-order valence-corrected chi connectivity index (χ1v) is 7.92. The number of carbonyl (C=O) groups is 1. The average Bonchev–Trinajstić information content (AvgIpc) is 2.47. The SMILES string of the molecule is CCC(C)N(C)CCNC(=O)NC1CCC(CO)CC1. The number of amides is 2. The van der Waals surface area contributed by atoms with Crippen LogP contribution >= 0.6 is 0 Å². The van der Waals surface area contributed by atoms with Crippen LogP contribution in [0, 0.1) is 5.92 Å². The molecule has 1 saturated carbocycles. The fraction of sp³-hybridized carbons (Fsp3) is 0.933. The quantitative estimate of drug-likeness (QED) is 0.665. The third-order valence-electron chi connectivity index (χ3n) is 4.53. The van der Waals surface area contributed by atoms with E-state index in [2.05, 4.69) is 36.4 Å². The van der Waals surface area contributed by atoms with Gasteiger partial charge in [-0.1, -0.05) is 6.92 Å². The van der Waals surface area contributed by atoms with E-state index in [0.717, 1.165) is 38.6 Å². The van der Waals surface area contributed by atoms with E-state index in [0.29, 0.717) is 18.5 Å². The van der Waals surface area contributed by atoms with E-state index in [-0.39, 0.29) is 18.7 Å². The molecule has 2 amide bonds. The molecule has 118 valence electrons. The number of aliphatic hydroxyl groups excluding tert-OH is 1. The summed E-state index contributed by atoms with van der Waals surface area (Å²) in [4.78, 5) is 14.0. The molecule has 5 heteroatoms. The molecule has 0 bridgehead atoms. The van der Waals surface area contributed by atoms with Gasteiger partial charge in [0.25, 0.3) is 0 Å². The standard InChI is InChI=1S/C15H31N3O2/c1-4-12(2)18(3)10-9-16-15(20)17-14-7-5-13(11-19)6-8-14/h12-14,19H,4-11H2,1-3H3,(H2,16,17,20). The van der Waals surface area contributed by atoms with E-state index in [1.54, 1.807) is 0 Å². The second kappa shape index (κ2) is 9.19. The highest BCUT2D eigenvalue weighted by atomic mass is 16.3. The maximum Gasteiger partial charge on any atom is 0.315 e. The van der Waals surface area contributed by atoms with Crippen molar-refractivity contribution in [1.29, 1.82) is 0 Å². The predicted molar refractivity (Wildman–Crippen MR) is 81.7 cm³/mol. The van der Waals surface area contributed by atoms with Crippen LogP contribution in [0.5, 0.6) is 0 Å². The van der Waals surface area contributed by atoms with Crippen LogP contribution in [0.25, 0.3) is 0 Å². The molecule has 20 heavy (non-hydrogen) atoms. The maximum absolute atomic E-state index is 11.8. The van der Waals surface area contributed by atoms with E-state index in [9.17, 15) is 4.79 Å². The smallest absolute Gasteiger partial charge is 0.315 e. The Hall–Kier alpha value is -0.810. The van der Waals surface area contributed by atoms with E-state index in [4.69, 9.17) is 5.11 Å². The molecule has 5 nitrogen and oxygen atoms in total. The molecule has 0 radical (unpaired) electrons. The van der Waals surface area contributed by atoms with Crippen LogP contribution in [0.2, 0.25) is 0 Å². The monoisotopic (exact) mass is 285 g/mol. The van der Waals surface area contributed by atoms with Crippen molar-refractivity contribution in [3.8, 4) is 0 Å². The van der Waals surface area contributed by atoms with Gasteiger partial charge in [0.2, 0.25) is 0 Å². The zero-order chi connectivity index (χ0) is 15.0. The van der Waals surface area contributed by atoms with Crippen molar-refractivity contribution < 1.29 is 9.90 Å². The molecule has 1 unspecified atom stereocenters. The van der Waals surface area contributed by atoms with E-state index in [1.807, 2.05) is 0 Å². The summed E-state index contributed by atoms with van der Waals surface area (Å²) in [7, 11) is 2.09. The van der Waals surface area contributed by atoms with E-state index < -0.39 is 0 Å². The van der Waals surface area contributed by atoms with Gasteiger partial charge in [-0.3, -0.25) is 0 Å². The summed E-state index contributed by atoms with van der Waals surface area (Å²) in [5.74, 6) is 0.431. The van der Waals surface area contributed by atoms with Crippen molar-refractivity contribution in [3.63, 3.8) is 0 Å². The lowest BCUT2D eigenvalue weighted by atomic mass is 9.87. The van der Waals surface area contributed by atoms with Gasteiger partial charge >= 0.3 is 6.03 Å². The first kappa shape index (κ1) is 17.2. The first-order valence-electron chi connectivity index (χ1n) is 7.92. The zero-order valence-corrected chi connectivity index (χ0v) is 13.2. The largest absolute Gasteiger partial charge is 0.396 e. The second-order valence-electron chi connectivity index (χ2n) is 6.04. The number of nitrogens with one attached hydrogen (secondary N) is 2. The van der Waals surface area contributed by atoms with Crippen molar-refractivity contribution >= 4 is 6.03 Å². The van der Waals surface area contributed by atoms with Gasteiger partial charge in [-0.2, -0.15) is 0 Å². The lowest BCUT2D eigenvalue weighted by Gasteiger charge is -2.28. The minimum atomic E-state index is -0.0602. The molecule has 0 aromatic heterocycles. The van der Waals surface area contributed by atoms with Gasteiger partial charge in [-0.25, -0.2) is 4.79 Å². The number of likely N-dealkylation sites (N-methyl/N-ethyl adjacent to an activating group) is 1. The Morgan fingerprint density at radius 1 is 1.35 bits per heavy atom. The Kier molecular flexibility index (Phi) is 7.92. The van der Waals surface area contributed by atoms with Crippen LogP contribution in [-0.2, 0) is 0 Å². The Balaban J connectivity index is 2.12. The zero-order valence-electron chi connectivity index (χ0n) is 13.2.